The molecule has 0 amide bonds. The van der Waals surface area contributed by atoms with Gasteiger partial charge in [-0.3, -0.25) is 9.78 Å². The van der Waals surface area contributed by atoms with Gasteiger partial charge in [0.25, 0.3) is 5.56 Å². The molecule has 0 saturated heterocycles. The van der Waals surface area contributed by atoms with Crippen molar-refractivity contribution in [3.05, 3.63) is 104 Å². The van der Waals surface area contributed by atoms with Crippen LogP contribution in [0.2, 0.25) is 0 Å². The normalized spacial score (nSPS) is 11.6. The predicted octanol–water partition coefficient (Wildman–Crippen LogP) is 6.64. The highest BCUT2D eigenvalue weighted by Crippen LogP contribution is 2.22. The zero-order chi connectivity index (χ0) is 25.4. The van der Waals surface area contributed by atoms with Gasteiger partial charge in [-0.1, -0.05) is 122 Å². The number of hydrogen-bond donors (Lipinski definition) is 2. The highest BCUT2D eigenvalue weighted by molar-refractivity contribution is 5.27. The fourth-order valence-corrected chi connectivity index (χ4v) is 2.92. The van der Waals surface area contributed by atoms with Crippen LogP contribution in [0, 0.1) is 6.92 Å². The van der Waals surface area contributed by atoms with Gasteiger partial charge in [0.15, 0.2) is 0 Å². The molecule has 0 aliphatic rings. The largest absolute Gasteiger partial charge is 0.325 e. The highest BCUT2D eigenvalue weighted by Gasteiger charge is 2.15. The molecule has 0 saturated carbocycles. The van der Waals surface area contributed by atoms with Crippen LogP contribution in [0.15, 0.2) is 70.3 Å². The van der Waals surface area contributed by atoms with Crippen LogP contribution < -0.4 is 11.2 Å². The second kappa shape index (κ2) is 11.3. The van der Waals surface area contributed by atoms with Gasteiger partial charge in [-0.2, -0.15) is 0 Å². The molecule has 0 aliphatic heterocycles. The molecule has 4 nitrogen and oxygen atoms in total. The summed E-state index contributed by atoms with van der Waals surface area (Å²) >= 11 is 0. The van der Waals surface area contributed by atoms with Crippen LogP contribution in [0.3, 0.4) is 0 Å². The SMILES string of the molecule is CC(C)(C)c1cc(=O)[nH]c(=O)[nH]1.CC(C)(C)c1ccccc1.Cc1cccc(C(C)(C)C)c1. The third kappa shape index (κ3) is 10.5. The number of aromatic amines is 2. The monoisotopic (exact) mass is 450 g/mol. The molecule has 2 N–H and O–H groups in total. The molecule has 0 fully saturated rings. The van der Waals surface area contributed by atoms with Gasteiger partial charge in [-0.05, 0) is 28.9 Å². The summed E-state index contributed by atoms with van der Waals surface area (Å²) in [6.45, 7) is 21.3. The van der Waals surface area contributed by atoms with Crippen molar-refractivity contribution in [1.82, 2.24) is 9.97 Å². The van der Waals surface area contributed by atoms with Crippen LogP contribution in [-0.2, 0) is 16.2 Å². The van der Waals surface area contributed by atoms with Gasteiger partial charge in [0.05, 0.1) is 0 Å². The van der Waals surface area contributed by atoms with E-state index in [1.807, 2.05) is 20.8 Å². The molecule has 0 atom stereocenters. The van der Waals surface area contributed by atoms with E-state index in [-0.39, 0.29) is 16.4 Å². The lowest BCUT2D eigenvalue weighted by Crippen LogP contribution is -2.27. The minimum Gasteiger partial charge on any atom is -0.311 e. The summed E-state index contributed by atoms with van der Waals surface area (Å²) in [6.07, 6.45) is 0. The fourth-order valence-electron chi connectivity index (χ4n) is 2.92. The Morgan fingerprint density at radius 3 is 1.45 bits per heavy atom. The summed E-state index contributed by atoms with van der Waals surface area (Å²) in [7, 11) is 0. The second-order valence-electron chi connectivity index (χ2n) is 11.5. The first kappa shape index (κ1) is 28.2. The first-order valence-electron chi connectivity index (χ1n) is 11.5. The Hall–Kier alpha value is -2.88. The quantitative estimate of drug-likeness (QED) is 0.403. The van der Waals surface area contributed by atoms with Crippen LogP contribution in [0.4, 0.5) is 0 Å². The molecule has 3 aromatic rings. The molecule has 0 unspecified atom stereocenters. The molecule has 0 bridgehead atoms. The molecule has 0 spiro atoms. The van der Waals surface area contributed by atoms with Gasteiger partial charge in [0, 0.05) is 17.2 Å². The summed E-state index contributed by atoms with van der Waals surface area (Å²) in [4.78, 5) is 26.4. The number of aryl methyl sites for hydroxylation is 1. The van der Waals surface area contributed by atoms with Crippen LogP contribution in [0.5, 0.6) is 0 Å². The molecule has 180 valence electrons. The molecule has 33 heavy (non-hydrogen) atoms. The summed E-state index contributed by atoms with van der Waals surface area (Å²) in [5.74, 6) is 0. The lowest BCUT2D eigenvalue weighted by atomic mass is 9.86. The Bertz CT molecular complexity index is 1080. The van der Waals surface area contributed by atoms with Gasteiger partial charge in [0.2, 0.25) is 0 Å². The van der Waals surface area contributed by atoms with Crippen LogP contribution >= 0.6 is 0 Å². The van der Waals surface area contributed by atoms with E-state index in [2.05, 4.69) is 113 Å². The summed E-state index contributed by atoms with van der Waals surface area (Å²) in [5, 5.41) is 0. The minimum absolute atomic E-state index is 0.201. The Balaban J connectivity index is 0.000000249. The highest BCUT2D eigenvalue weighted by atomic mass is 16.2. The summed E-state index contributed by atoms with van der Waals surface area (Å²) < 4.78 is 0. The van der Waals surface area contributed by atoms with E-state index < -0.39 is 5.69 Å². The van der Waals surface area contributed by atoms with E-state index >= 15 is 0 Å². The van der Waals surface area contributed by atoms with Gasteiger partial charge in [0.1, 0.15) is 0 Å². The molecule has 1 heterocycles. The van der Waals surface area contributed by atoms with Crippen molar-refractivity contribution < 1.29 is 0 Å². The molecule has 3 rings (SSSR count). The first-order chi connectivity index (χ1) is 15.0. The fraction of sp³-hybridized carbons (Fsp3) is 0.448. The standard InChI is InChI=1S/C11H16.C10H14.C8H12N2O2/c1-9-6-5-7-10(8-9)11(2,3)4;1-10(2,3)9-7-5-4-6-8-9;1-8(2,3)5-4-6(11)10-7(12)9-5/h5-8H,1-4H3;4-8H,1-3H3;4H,1-3H3,(H2,9,10,11,12). The Morgan fingerprint density at radius 2 is 1.09 bits per heavy atom. The molecule has 0 radical (unpaired) electrons. The second-order valence-corrected chi connectivity index (χ2v) is 11.5. The number of benzene rings is 2. The average Bonchev–Trinajstić information content (AvgIpc) is 2.67. The van der Waals surface area contributed by atoms with Gasteiger partial charge >= 0.3 is 5.69 Å². The van der Waals surface area contributed by atoms with Crippen LogP contribution in [0.25, 0.3) is 0 Å². The van der Waals surface area contributed by atoms with Crippen molar-refractivity contribution in [3.8, 4) is 0 Å². The molecule has 1 aromatic heterocycles. The van der Waals surface area contributed by atoms with E-state index in [4.69, 9.17) is 0 Å². The number of H-pyrrole nitrogens is 2. The van der Waals surface area contributed by atoms with Crippen molar-refractivity contribution in [3.63, 3.8) is 0 Å². The maximum absolute atomic E-state index is 10.9. The number of aromatic nitrogens is 2. The molecule has 4 heteroatoms. The van der Waals surface area contributed by atoms with Crippen molar-refractivity contribution in [1.29, 1.82) is 0 Å². The van der Waals surface area contributed by atoms with Crippen molar-refractivity contribution in [2.45, 2.75) is 85.5 Å². The number of nitrogens with one attached hydrogen (secondary N) is 2. The van der Waals surface area contributed by atoms with E-state index in [1.165, 1.54) is 22.8 Å². The van der Waals surface area contributed by atoms with E-state index in [1.54, 1.807) is 0 Å². The lowest BCUT2D eigenvalue weighted by molar-refractivity contribution is 0.562. The van der Waals surface area contributed by atoms with Crippen molar-refractivity contribution in [2.24, 2.45) is 0 Å². The number of hydrogen-bond acceptors (Lipinski definition) is 2. The average molecular weight is 451 g/mol. The summed E-state index contributed by atoms with van der Waals surface area (Å²) in [6, 6.07) is 20.6. The lowest BCUT2D eigenvalue weighted by Gasteiger charge is -2.19. The smallest absolute Gasteiger partial charge is 0.311 e. The van der Waals surface area contributed by atoms with Crippen LogP contribution in [-0.4, -0.2) is 9.97 Å². The maximum Gasteiger partial charge on any atom is 0.325 e. The predicted molar refractivity (Wildman–Crippen MR) is 141 cm³/mol. The topological polar surface area (TPSA) is 65.7 Å². The molecular weight excluding hydrogens is 408 g/mol. The Kier molecular flexibility index (Phi) is 9.65. The molecular formula is C29H42N2O2. The Morgan fingerprint density at radius 1 is 0.576 bits per heavy atom. The maximum atomic E-state index is 10.9. The zero-order valence-electron chi connectivity index (χ0n) is 22.1. The summed E-state index contributed by atoms with van der Waals surface area (Å²) in [5.41, 5.74) is 4.37. The van der Waals surface area contributed by atoms with E-state index in [0.29, 0.717) is 11.1 Å². The zero-order valence-corrected chi connectivity index (χ0v) is 22.1. The Labute approximate surface area is 199 Å². The van der Waals surface area contributed by atoms with Gasteiger partial charge in [-0.25, -0.2) is 4.79 Å². The van der Waals surface area contributed by atoms with E-state index in [0.717, 1.165) is 0 Å². The van der Waals surface area contributed by atoms with Crippen LogP contribution in [0.1, 0.15) is 84.7 Å². The molecule has 2 aromatic carbocycles. The third-order valence-electron chi connectivity index (χ3n) is 5.09. The molecule has 0 aliphatic carbocycles. The minimum atomic E-state index is -0.451. The van der Waals surface area contributed by atoms with Crippen molar-refractivity contribution in [2.75, 3.05) is 0 Å². The first-order valence-corrected chi connectivity index (χ1v) is 11.5. The van der Waals surface area contributed by atoms with E-state index in [9.17, 15) is 9.59 Å². The van der Waals surface area contributed by atoms with Gasteiger partial charge in [-0.15, -0.1) is 0 Å². The third-order valence-corrected chi connectivity index (χ3v) is 5.09. The number of rotatable bonds is 0. The van der Waals surface area contributed by atoms with Crippen molar-refractivity contribution >= 4 is 0 Å². The van der Waals surface area contributed by atoms with Gasteiger partial charge < -0.3 is 4.98 Å².